The molecule has 2 nitrogen and oxygen atoms in total. The van der Waals surface area contributed by atoms with Gasteiger partial charge in [-0.3, -0.25) is 0 Å². The number of hydrogen-bond donors (Lipinski definition) is 0. The number of hydrogen-bond acceptors (Lipinski definition) is 2. The van der Waals surface area contributed by atoms with Crippen LogP contribution in [-0.2, 0) is 6.18 Å². The fourth-order valence-corrected chi connectivity index (χ4v) is 1.13. The Hall–Kier alpha value is -1.70. The lowest BCUT2D eigenvalue weighted by Gasteiger charge is -2.10. The van der Waals surface area contributed by atoms with E-state index in [1.54, 1.807) is 6.07 Å². The molecule has 5 heteroatoms. The third kappa shape index (κ3) is 2.89. The molecule has 16 heavy (non-hydrogen) atoms. The standard InChI is InChI=1S/C11H10F3NO/c1-2-5-16-10-4-3-9(11(12,13)14)6-8(10)7-15/h3-4,6H,2,5H2,1H3. The van der Waals surface area contributed by atoms with Gasteiger partial charge in [-0.25, -0.2) is 0 Å². The van der Waals surface area contributed by atoms with Crippen molar-refractivity contribution >= 4 is 0 Å². The van der Waals surface area contributed by atoms with Crippen molar-refractivity contribution in [3.05, 3.63) is 29.3 Å². The summed E-state index contributed by atoms with van der Waals surface area (Å²) in [6.07, 6.45) is -3.71. The zero-order valence-corrected chi connectivity index (χ0v) is 8.64. The van der Waals surface area contributed by atoms with Crippen molar-refractivity contribution in [3.63, 3.8) is 0 Å². The maximum Gasteiger partial charge on any atom is 0.416 e. The molecular formula is C11H10F3NO. The fraction of sp³-hybridized carbons (Fsp3) is 0.364. The molecule has 1 rings (SSSR count). The second-order valence-corrected chi connectivity index (χ2v) is 3.17. The summed E-state index contributed by atoms with van der Waals surface area (Å²) in [5.41, 5.74) is -0.934. The molecule has 0 saturated carbocycles. The quantitative estimate of drug-likeness (QED) is 0.796. The summed E-state index contributed by atoms with van der Waals surface area (Å²) >= 11 is 0. The van der Waals surface area contributed by atoms with Crippen LogP contribution in [0, 0.1) is 11.3 Å². The Morgan fingerprint density at radius 3 is 2.56 bits per heavy atom. The highest BCUT2D eigenvalue weighted by Crippen LogP contribution is 2.32. The van der Waals surface area contributed by atoms with E-state index in [1.165, 1.54) is 6.07 Å². The first kappa shape index (κ1) is 12.4. The molecule has 0 amide bonds. The summed E-state index contributed by atoms with van der Waals surface area (Å²) in [7, 11) is 0. The van der Waals surface area contributed by atoms with Gasteiger partial charge in [-0.15, -0.1) is 0 Å². The van der Waals surface area contributed by atoms with Gasteiger partial charge in [-0.1, -0.05) is 6.92 Å². The lowest BCUT2D eigenvalue weighted by Crippen LogP contribution is -2.06. The van der Waals surface area contributed by atoms with Crippen LogP contribution in [0.25, 0.3) is 0 Å². The highest BCUT2D eigenvalue weighted by atomic mass is 19.4. The highest BCUT2D eigenvalue weighted by molar-refractivity contribution is 5.46. The predicted octanol–water partition coefficient (Wildman–Crippen LogP) is 3.37. The topological polar surface area (TPSA) is 33.0 Å². The summed E-state index contributed by atoms with van der Waals surface area (Å²) in [6, 6.07) is 4.57. The van der Waals surface area contributed by atoms with Gasteiger partial charge in [0.05, 0.1) is 17.7 Å². The van der Waals surface area contributed by atoms with Gasteiger partial charge >= 0.3 is 6.18 Å². The molecular weight excluding hydrogens is 219 g/mol. The molecule has 0 N–H and O–H groups in total. The van der Waals surface area contributed by atoms with Gasteiger partial charge in [0, 0.05) is 0 Å². The first-order chi connectivity index (χ1) is 7.49. The van der Waals surface area contributed by atoms with Crippen molar-refractivity contribution in [2.45, 2.75) is 19.5 Å². The van der Waals surface area contributed by atoms with E-state index in [1.807, 2.05) is 6.92 Å². The second-order valence-electron chi connectivity index (χ2n) is 3.17. The number of rotatable bonds is 3. The number of alkyl halides is 3. The minimum Gasteiger partial charge on any atom is -0.492 e. The Kier molecular flexibility index (Phi) is 3.78. The SMILES string of the molecule is CCCOc1ccc(C(F)(F)F)cc1C#N. The smallest absolute Gasteiger partial charge is 0.416 e. The van der Waals surface area contributed by atoms with Gasteiger partial charge in [0.15, 0.2) is 0 Å². The maximum absolute atomic E-state index is 12.3. The van der Waals surface area contributed by atoms with E-state index < -0.39 is 11.7 Å². The van der Waals surface area contributed by atoms with Gasteiger partial charge in [0.1, 0.15) is 11.8 Å². The van der Waals surface area contributed by atoms with Crippen LogP contribution in [0.4, 0.5) is 13.2 Å². The van der Waals surface area contributed by atoms with Crippen LogP contribution in [0.5, 0.6) is 5.75 Å². The third-order valence-corrected chi connectivity index (χ3v) is 1.89. The van der Waals surface area contributed by atoms with Gasteiger partial charge in [0.25, 0.3) is 0 Å². The van der Waals surface area contributed by atoms with Gasteiger partial charge < -0.3 is 4.74 Å². The number of nitrogens with zero attached hydrogens (tertiary/aromatic N) is 1. The molecule has 1 aromatic carbocycles. The molecule has 0 aromatic heterocycles. The lowest BCUT2D eigenvalue weighted by molar-refractivity contribution is -0.137. The highest BCUT2D eigenvalue weighted by Gasteiger charge is 2.31. The molecule has 0 atom stereocenters. The van der Waals surface area contributed by atoms with Crippen molar-refractivity contribution in [3.8, 4) is 11.8 Å². The van der Waals surface area contributed by atoms with E-state index in [0.717, 1.165) is 18.6 Å². The summed E-state index contributed by atoms with van der Waals surface area (Å²) in [6.45, 7) is 2.25. The minimum atomic E-state index is -4.44. The summed E-state index contributed by atoms with van der Waals surface area (Å²) in [5, 5.41) is 8.71. The van der Waals surface area contributed by atoms with Crippen LogP contribution in [-0.4, -0.2) is 6.61 Å². The monoisotopic (exact) mass is 229 g/mol. The van der Waals surface area contributed by atoms with Gasteiger partial charge in [0.2, 0.25) is 0 Å². The molecule has 0 radical (unpaired) electrons. The number of halogens is 3. The zero-order valence-electron chi connectivity index (χ0n) is 8.64. The van der Waals surface area contributed by atoms with Crippen LogP contribution in [0.1, 0.15) is 24.5 Å². The minimum absolute atomic E-state index is 0.0942. The van der Waals surface area contributed by atoms with Crippen molar-refractivity contribution in [1.29, 1.82) is 5.26 Å². The van der Waals surface area contributed by atoms with Crippen molar-refractivity contribution in [2.75, 3.05) is 6.61 Å². The molecule has 0 aliphatic carbocycles. The lowest BCUT2D eigenvalue weighted by atomic mass is 10.1. The molecule has 0 fully saturated rings. The van der Waals surface area contributed by atoms with E-state index >= 15 is 0 Å². The number of nitriles is 1. The van der Waals surface area contributed by atoms with Crippen LogP contribution < -0.4 is 4.74 Å². The molecule has 0 saturated heterocycles. The Morgan fingerprint density at radius 2 is 2.06 bits per heavy atom. The Bertz CT molecular complexity index is 407. The van der Waals surface area contributed by atoms with Crippen molar-refractivity contribution in [2.24, 2.45) is 0 Å². The van der Waals surface area contributed by atoms with Crippen LogP contribution in [0.15, 0.2) is 18.2 Å². The Balaban J connectivity index is 3.04. The molecule has 0 aliphatic rings. The summed E-state index contributed by atoms with van der Waals surface area (Å²) < 4.78 is 42.2. The average molecular weight is 229 g/mol. The molecule has 0 spiro atoms. The Labute approximate surface area is 91.3 Å². The summed E-state index contributed by atoms with van der Waals surface area (Å²) in [5.74, 6) is 0.192. The first-order valence-electron chi connectivity index (χ1n) is 4.73. The van der Waals surface area contributed by atoms with Gasteiger partial charge in [-0.05, 0) is 24.6 Å². The first-order valence-corrected chi connectivity index (χ1v) is 4.73. The molecule has 1 aromatic rings. The third-order valence-electron chi connectivity index (χ3n) is 1.89. The van der Waals surface area contributed by atoms with E-state index in [-0.39, 0.29) is 11.3 Å². The largest absolute Gasteiger partial charge is 0.492 e. The van der Waals surface area contributed by atoms with E-state index in [0.29, 0.717) is 6.61 Å². The van der Waals surface area contributed by atoms with E-state index in [9.17, 15) is 13.2 Å². The summed E-state index contributed by atoms with van der Waals surface area (Å²) in [4.78, 5) is 0. The van der Waals surface area contributed by atoms with Crippen LogP contribution >= 0.6 is 0 Å². The van der Waals surface area contributed by atoms with E-state index in [4.69, 9.17) is 10.00 Å². The molecule has 0 bridgehead atoms. The fourth-order valence-electron chi connectivity index (χ4n) is 1.13. The predicted molar refractivity (Wildman–Crippen MR) is 51.9 cm³/mol. The average Bonchev–Trinajstić information content (AvgIpc) is 2.24. The van der Waals surface area contributed by atoms with Gasteiger partial charge in [-0.2, -0.15) is 18.4 Å². The van der Waals surface area contributed by atoms with Crippen LogP contribution in [0.2, 0.25) is 0 Å². The molecule has 86 valence electrons. The van der Waals surface area contributed by atoms with E-state index in [2.05, 4.69) is 0 Å². The normalized spacial score (nSPS) is 10.9. The van der Waals surface area contributed by atoms with Crippen LogP contribution in [0.3, 0.4) is 0 Å². The zero-order chi connectivity index (χ0) is 12.2. The molecule has 0 aliphatic heterocycles. The molecule has 0 unspecified atom stereocenters. The Morgan fingerprint density at radius 1 is 1.38 bits per heavy atom. The number of benzene rings is 1. The van der Waals surface area contributed by atoms with Crippen molar-refractivity contribution in [1.82, 2.24) is 0 Å². The second kappa shape index (κ2) is 4.88. The maximum atomic E-state index is 12.3. The molecule has 0 heterocycles. The van der Waals surface area contributed by atoms with Crippen molar-refractivity contribution < 1.29 is 17.9 Å². The number of ether oxygens (including phenoxy) is 1.